The van der Waals surface area contributed by atoms with E-state index in [1.54, 1.807) is 50.5 Å². The van der Waals surface area contributed by atoms with Crippen molar-refractivity contribution in [1.82, 2.24) is 15.5 Å². The van der Waals surface area contributed by atoms with Crippen LogP contribution in [0.2, 0.25) is 5.02 Å². The lowest BCUT2D eigenvalue weighted by atomic mass is 10.1. The second kappa shape index (κ2) is 10.5. The van der Waals surface area contributed by atoms with Crippen LogP contribution >= 0.6 is 11.6 Å². The molecule has 28 heavy (non-hydrogen) atoms. The Kier molecular flexibility index (Phi) is 8.02. The molecule has 2 aromatic carbocycles. The Labute approximate surface area is 169 Å². The first-order valence-electron chi connectivity index (χ1n) is 8.98. The summed E-state index contributed by atoms with van der Waals surface area (Å²) in [6.07, 6.45) is 0.861. The highest BCUT2D eigenvalue weighted by molar-refractivity contribution is 6.30. The predicted octanol–water partition coefficient (Wildman–Crippen LogP) is 2.87. The molecule has 2 N–H and O–H groups in total. The molecule has 2 aromatic rings. The molecule has 0 aromatic heterocycles. The number of halogens is 1. The average molecular weight is 402 g/mol. The minimum absolute atomic E-state index is 0.0590. The van der Waals surface area contributed by atoms with E-state index >= 15 is 0 Å². The second-order valence-corrected chi connectivity index (χ2v) is 6.98. The van der Waals surface area contributed by atoms with Crippen LogP contribution in [-0.2, 0) is 11.3 Å². The number of hydrogen-bond acceptors (Lipinski definition) is 3. The number of benzene rings is 2. The molecule has 148 valence electrons. The van der Waals surface area contributed by atoms with Crippen molar-refractivity contribution in [2.45, 2.75) is 19.4 Å². The van der Waals surface area contributed by atoms with E-state index in [4.69, 9.17) is 11.6 Å². The number of carbonyl (C=O) groups excluding carboxylic acids is 3. The molecule has 0 fully saturated rings. The zero-order chi connectivity index (χ0) is 20.5. The lowest BCUT2D eigenvalue weighted by Crippen LogP contribution is -2.27. The number of nitrogens with one attached hydrogen (secondary N) is 2. The largest absolute Gasteiger partial charge is 0.352 e. The van der Waals surface area contributed by atoms with E-state index in [0.717, 1.165) is 5.56 Å². The quantitative estimate of drug-likeness (QED) is 0.667. The van der Waals surface area contributed by atoms with Gasteiger partial charge in [-0.25, -0.2) is 0 Å². The first-order chi connectivity index (χ1) is 13.4. The third-order valence-corrected chi connectivity index (χ3v) is 4.32. The van der Waals surface area contributed by atoms with Crippen molar-refractivity contribution in [3.8, 4) is 0 Å². The van der Waals surface area contributed by atoms with E-state index in [2.05, 4.69) is 10.6 Å². The van der Waals surface area contributed by atoms with Crippen molar-refractivity contribution in [1.29, 1.82) is 0 Å². The predicted molar refractivity (Wildman–Crippen MR) is 109 cm³/mol. The SMILES string of the molecule is CN(C)C(=O)c1ccc(CNC(=O)CCCNC(=O)c2ccc(Cl)cc2)cc1. The molecular formula is C21H24ClN3O3. The van der Waals surface area contributed by atoms with Crippen LogP contribution in [0.25, 0.3) is 0 Å². The normalized spacial score (nSPS) is 10.2. The highest BCUT2D eigenvalue weighted by Gasteiger charge is 2.08. The summed E-state index contributed by atoms with van der Waals surface area (Å²) in [5.41, 5.74) is 2.06. The summed E-state index contributed by atoms with van der Waals surface area (Å²) >= 11 is 5.79. The molecule has 0 radical (unpaired) electrons. The van der Waals surface area contributed by atoms with Gasteiger partial charge in [0.05, 0.1) is 0 Å². The standard InChI is InChI=1S/C21H24ClN3O3/c1-25(2)21(28)17-7-5-15(6-8-17)14-24-19(26)4-3-13-23-20(27)16-9-11-18(22)12-10-16/h5-12H,3-4,13-14H2,1-2H3,(H,23,27)(H,24,26). The molecule has 0 aliphatic heterocycles. The summed E-state index contributed by atoms with van der Waals surface area (Å²) < 4.78 is 0. The monoisotopic (exact) mass is 401 g/mol. The maximum Gasteiger partial charge on any atom is 0.253 e. The van der Waals surface area contributed by atoms with Crippen LogP contribution < -0.4 is 10.6 Å². The van der Waals surface area contributed by atoms with Gasteiger partial charge in [-0.3, -0.25) is 14.4 Å². The number of nitrogens with zero attached hydrogens (tertiary/aromatic N) is 1. The molecule has 0 aliphatic rings. The second-order valence-electron chi connectivity index (χ2n) is 6.54. The van der Waals surface area contributed by atoms with Crippen LogP contribution in [0.1, 0.15) is 39.1 Å². The third kappa shape index (κ3) is 6.70. The smallest absolute Gasteiger partial charge is 0.253 e. The molecular weight excluding hydrogens is 378 g/mol. The molecule has 0 saturated carbocycles. The zero-order valence-electron chi connectivity index (χ0n) is 16.0. The van der Waals surface area contributed by atoms with Gasteiger partial charge in [0.25, 0.3) is 11.8 Å². The van der Waals surface area contributed by atoms with E-state index < -0.39 is 0 Å². The molecule has 0 saturated heterocycles. The summed E-state index contributed by atoms with van der Waals surface area (Å²) in [6.45, 7) is 0.808. The summed E-state index contributed by atoms with van der Waals surface area (Å²) in [7, 11) is 3.41. The summed E-state index contributed by atoms with van der Waals surface area (Å²) in [4.78, 5) is 37.2. The van der Waals surface area contributed by atoms with Gasteiger partial charge >= 0.3 is 0 Å². The van der Waals surface area contributed by atoms with Gasteiger partial charge in [-0.05, 0) is 48.4 Å². The lowest BCUT2D eigenvalue weighted by molar-refractivity contribution is -0.121. The Hall–Kier alpha value is -2.86. The first-order valence-corrected chi connectivity index (χ1v) is 9.35. The van der Waals surface area contributed by atoms with Gasteiger partial charge in [0.2, 0.25) is 5.91 Å². The van der Waals surface area contributed by atoms with Gasteiger partial charge in [-0.15, -0.1) is 0 Å². The third-order valence-electron chi connectivity index (χ3n) is 4.07. The van der Waals surface area contributed by atoms with Crippen LogP contribution in [0.4, 0.5) is 0 Å². The number of carbonyl (C=O) groups is 3. The van der Waals surface area contributed by atoms with Crippen LogP contribution in [0.5, 0.6) is 0 Å². The highest BCUT2D eigenvalue weighted by atomic mass is 35.5. The van der Waals surface area contributed by atoms with Gasteiger partial charge in [0, 0.05) is 49.8 Å². The van der Waals surface area contributed by atoms with Crippen LogP contribution in [0, 0.1) is 0 Å². The van der Waals surface area contributed by atoms with Crippen LogP contribution in [0.15, 0.2) is 48.5 Å². The average Bonchev–Trinajstić information content (AvgIpc) is 2.69. The van der Waals surface area contributed by atoms with E-state index in [-0.39, 0.29) is 17.7 Å². The van der Waals surface area contributed by atoms with Crippen molar-refractivity contribution in [3.63, 3.8) is 0 Å². The van der Waals surface area contributed by atoms with Gasteiger partial charge < -0.3 is 15.5 Å². The fourth-order valence-corrected chi connectivity index (χ4v) is 2.59. The lowest BCUT2D eigenvalue weighted by Gasteiger charge is -2.11. The highest BCUT2D eigenvalue weighted by Crippen LogP contribution is 2.09. The minimum atomic E-state index is -0.190. The Balaban J connectivity index is 1.66. The van der Waals surface area contributed by atoms with Crippen molar-refractivity contribution >= 4 is 29.3 Å². The number of amides is 3. The van der Waals surface area contributed by atoms with Crippen molar-refractivity contribution in [2.24, 2.45) is 0 Å². The van der Waals surface area contributed by atoms with E-state index in [0.29, 0.717) is 42.1 Å². The molecule has 0 aliphatic carbocycles. The summed E-state index contributed by atoms with van der Waals surface area (Å²) in [5.74, 6) is -0.338. The molecule has 0 spiro atoms. The van der Waals surface area contributed by atoms with Crippen molar-refractivity contribution < 1.29 is 14.4 Å². The zero-order valence-corrected chi connectivity index (χ0v) is 16.8. The summed E-state index contributed by atoms with van der Waals surface area (Å²) in [5, 5.41) is 6.19. The Morgan fingerprint density at radius 1 is 0.893 bits per heavy atom. The maximum atomic E-state index is 11.9. The molecule has 0 bridgehead atoms. The topological polar surface area (TPSA) is 78.5 Å². The van der Waals surface area contributed by atoms with E-state index in [1.165, 1.54) is 4.90 Å². The minimum Gasteiger partial charge on any atom is -0.352 e. The van der Waals surface area contributed by atoms with Gasteiger partial charge in [0.1, 0.15) is 0 Å². The maximum absolute atomic E-state index is 11.9. The number of hydrogen-bond donors (Lipinski definition) is 2. The molecule has 6 nitrogen and oxygen atoms in total. The molecule has 2 rings (SSSR count). The molecule has 0 heterocycles. The Morgan fingerprint density at radius 2 is 1.50 bits per heavy atom. The Bertz CT molecular complexity index is 818. The fraction of sp³-hybridized carbons (Fsp3) is 0.286. The van der Waals surface area contributed by atoms with Crippen LogP contribution in [0.3, 0.4) is 0 Å². The fourth-order valence-electron chi connectivity index (χ4n) is 2.47. The molecule has 0 unspecified atom stereocenters. The molecule has 7 heteroatoms. The van der Waals surface area contributed by atoms with Crippen LogP contribution in [-0.4, -0.2) is 43.3 Å². The van der Waals surface area contributed by atoms with Crippen molar-refractivity contribution in [3.05, 3.63) is 70.2 Å². The van der Waals surface area contributed by atoms with Gasteiger partial charge in [-0.2, -0.15) is 0 Å². The van der Waals surface area contributed by atoms with Gasteiger partial charge in [-0.1, -0.05) is 23.7 Å². The molecule has 3 amide bonds. The summed E-state index contributed by atoms with van der Waals surface area (Å²) in [6, 6.07) is 13.8. The Morgan fingerprint density at radius 3 is 2.11 bits per heavy atom. The van der Waals surface area contributed by atoms with E-state index in [9.17, 15) is 14.4 Å². The van der Waals surface area contributed by atoms with Crippen molar-refractivity contribution in [2.75, 3.05) is 20.6 Å². The van der Waals surface area contributed by atoms with E-state index in [1.807, 2.05) is 12.1 Å². The molecule has 0 atom stereocenters. The number of rotatable bonds is 8. The first kappa shape index (κ1) is 21.4. The van der Waals surface area contributed by atoms with Gasteiger partial charge in [0.15, 0.2) is 0 Å².